The Kier molecular flexibility index (Phi) is 4.18. The van der Waals surface area contributed by atoms with Gasteiger partial charge in [0.05, 0.1) is 6.54 Å². The Balaban J connectivity index is 2.13. The van der Waals surface area contributed by atoms with Crippen LogP contribution in [-0.4, -0.2) is 43.5 Å². The minimum absolute atomic E-state index is 0.0463. The monoisotopic (exact) mass is 185 g/mol. The summed E-state index contributed by atoms with van der Waals surface area (Å²) in [6.07, 6.45) is 1.19. The molecule has 3 N–H and O–H groups in total. The fourth-order valence-corrected chi connectivity index (χ4v) is 1.70. The summed E-state index contributed by atoms with van der Waals surface area (Å²) in [4.78, 5) is 13.3. The summed E-state index contributed by atoms with van der Waals surface area (Å²) < 4.78 is 0. The van der Waals surface area contributed by atoms with E-state index in [4.69, 9.17) is 5.73 Å². The fraction of sp³-hybridized carbons (Fsp3) is 0.889. The molecule has 1 aliphatic rings. The third-order valence-electron chi connectivity index (χ3n) is 2.59. The van der Waals surface area contributed by atoms with Crippen molar-refractivity contribution in [2.75, 3.05) is 32.7 Å². The minimum atomic E-state index is -0.0463. The van der Waals surface area contributed by atoms with Gasteiger partial charge in [0, 0.05) is 13.1 Å². The summed E-state index contributed by atoms with van der Waals surface area (Å²) in [5.41, 5.74) is 5.19. The number of rotatable bonds is 4. The summed E-state index contributed by atoms with van der Waals surface area (Å²) in [7, 11) is 0. The second-order valence-electron chi connectivity index (χ2n) is 3.56. The highest BCUT2D eigenvalue weighted by molar-refractivity contribution is 5.77. The third kappa shape index (κ3) is 3.32. The Labute approximate surface area is 79.5 Å². The molecule has 1 heterocycles. The van der Waals surface area contributed by atoms with E-state index >= 15 is 0 Å². The second-order valence-corrected chi connectivity index (χ2v) is 3.56. The molecular formula is C9H19N3O. The molecule has 4 heteroatoms. The lowest BCUT2D eigenvalue weighted by molar-refractivity contribution is -0.119. The molecule has 0 aromatic rings. The first kappa shape index (κ1) is 10.5. The smallest absolute Gasteiger partial charge is 0.233 e. The van der Waals surface area contributed by atoms with Gasteiger partial charge in [-0.25, -0.2) is 0 Å². The van der Waals surface area contributed by atoms with Crippen molar-refractivity contribution in [2.45, 2.75) is 13.3 Å². The van der Waals surface area contributed by atoms with Gasteiger partial charge in [0.15, 0.2) is 0 Å². The predicted molar refractivity (Wildman–Crippen MR) is 52.3 cm³/mol. The molecule has 1 unspecified atom stereocenters. The van der Waals surface area contributed by atoms with Gasteiger partial charge in [-0.15, -0.1) is 0 Å². The number of carbonyl (C=O) groups excluding carboxylic acids is 1. The van der Waals surface area contributed by atoms with Crippen LogP contribution in [0.5, 0.6) is 0 Å². The molecule has 0 bridgehead atoms. The molecule has 1 saturated heterocycles. The summed E-state index contributed by atoms with van der Waals surface area (Å²) in [5.74, 6) is 0.574. The van der Waals surface area contributed by atoms with Crippen LogP contribution in [-0.2, 0) is 4.79 Å². The van der Waals surface area contributed by atoms with Gasteiger partial charge in [0.25, 0.3) is 0 Å². The molecule has 0 aromatic carbocycles. The van der Waals surface area contributed by atoms with E-state index in [9.17, 15) is 4.79 Å². The summed E-state index contributed by atoms with van der Waals surface area (Å²) in [6, 6.07) is 0. The molecular weight excluding hydrogens is 166 g/mol. The van der Waals surface area contributed by atoms with Crippen molar-refractivity contribution in [3.63, 3.8) is 0 Å². The van der Waals surface area contributed by atoms with Crippen LogP contribution in [0.15, 0.2) is 0 Å². The normalized spacial score (nSPS) is 23.4. The zero-order valence-corrected chi connectivity index (χ0v) is 8.25. The van der Waals surface area contributed by atoms with Crippen LogP contribution in [0, 0.1) is 5.92 Å². The summed E-state index contributed by atoms with van der Waals surface area (Å²) in [6.45, 7) is 6.44. The van der Waals surface area contributed by atoms with Crippen LogP contribution in [0.1, 0.15) is 13.3 Å². The molecule has 0 saturated carbocycles. The van der Waals surface area contributed by atoms with Gasteiger partial charge in [-0.05, 0) is 25.4 Å². The minimum Gasteiger partial charge on any atom is -0.355 e. The Morgan fingerprint density at radius 3 is 3.00 bits per heavy atom. The molecule has 1 aliphatic heterocycles. The molecule has 0 radical (unpaired) electrons. The standard InChI is InChI=1S/C9H19N3O/c1-2-12-4-3-8(7-12)6-11-9(13)5-10/h8H,2-7,10H2,1H3,(H,11,13). The number of carbonyl (C=O) groups is 1. The summed E-state index contributed by atoms with van der Waals surface area (Å²) in [5, 5.41) is 2.83. The van der Waals surface area contributed by atoms with E-state index < -0.39 is 0 Å². The van der Waals surface area contributed by atoms with Gasteiger partial charge in [-0.1, -0.05) is 6.92 Å². The van der Waals surface area contributed by atoms with Crippen LogP contribution in [0.3, 0.4) is 0 Å². The van der Waals surface area contributed by atoms with Gasteiger partial charge in [0.2, 0.25) is 5.91 Å². The maximum atomic E-state index is 10.9. The van der Waals surface area contributed by atoms with Crippen molar-refractivity contribution in [2.24, 2.45) is 11.7 Å². The predicted octanol–water partition coefficient (Wildman–Crippen LogP) is -0.597. The van der Waals surface area contributed by atoms with Crippen LogP contribution < -0.4 is 11.1 Å². The lowest BCUT2D eigenvalue weighted by atomic mass is 10.1. The maximum Gasteiger partial charge on any atom is 0.233 e. The van der Waals surface area contributed by atoms with E-state index in [0.717, 1.165) is 19.6 Å². The van der Waals surface area contributed by atoms with Crippen molar-refractivity contribution < 1.29 is 4.79 Å². The number of amides is 1. The van der Waals surface area contributed by atoms with Crippen LogP contribution >= 0.6 is 0 Å². The van der Waals surface area contributed by atoms with E-state index in [-0.39, 0.29) is 12.5 Å². The number of nitrogens with zero attached hydrogens (tertiary/aromatic N) is 1. The highest BCUT2D eigenvalue weighted by Gasteiger charge is 2.20. The van der Waals surface area contributed by atoms with E-state index in [1.54, 1.807) is 0 Å². The van der Waals surface area contributed by atoms with Crippen molar-refractivity contribution in [3.8, 4) is 0 Å². The second kappa shape index (κ2) is 5.19. The van der Waals surface area contributed by atoms with Gasteiger partial charge >= 0.3 is 0 Å². The lowest BCUT2D eigenvalue weighted by Gasteiger charge is -2.13. The largest absolute Gasteiger partial charge is 0.355 e. The molecule has 0 aliphatic carbocycles. The quantitative estimate of drug-likeness (QED) is 0.615. The number of nitrogens with one attached hydrogen (secondary N) is 1. The molecule has 1 fully saturated rings. The highest BCUT2D eigenvalue weighted by atomic mass is 16.1. The van der Waals surface area contributed by atoms with Gasteiger partial charge in [-0.3, -0.25) is 4.79 Å². The molecule has 0 aromatic heterocycles. The van der Waals surface area contributed by atoms with Crippen LogP contribution in [0.25, 0.3) is 0 Å². The summed E-state index contributed by atoms with van der Waals surface area (Å²) >= 11 is 0. The molecule has 1 amide bonds. The zero-order valence-electron chi connectivity index (χ0n) is 8.25. The van der Waals surface area contributed by atoms with Crippen LogP contribution in [0.2, 0.25) is 0 Å². The number of nitrogens with two attached hydrogens (primary N) is 1. The molecule has 76 valence electrons. The van der Waals surface area contributed by atoms with Crippen molar-refractivity contribution in [1.82, 2.24) is 10.2 Å². The van der Waals surface area contributed by atoms with E-state index in [2.05, 4.69) is 17.1 Å². The molecule has 4 nitrogen and oxygen atoms in total. The van der Waals surface area contributed by atoms with E-state index in [1.807, 2.05) is 0 Å². The lowest BCUT2D eigenvalue weighted by Crippen LogP contribution is -2.35. The van der Waals surface area contributed by atoms with Gasteiger partial charge in [-0.2, -0.15) is 0 Å². The van der Waals surface area contributed by atoms with E-state index in [0.29, 0.717) is 5.92 Å². The molecule has 13 heavy (non-hydrogen) atoms. The first-order valence-corrected chi connectivity index (χ1v) is 4.95. The fourth-order valence-electron chi connectivity index (χ4n) is 1.70. The van der Waals surface area contributed by atoms with Crippen molar-refractivity contribution in [3.05, 3.63) is 0 Å². The average Bonchev–Trinajstić information content (AvgIpc) is 2.61. The van der Waals surface area contributed by atoms with Crippen molar-refractivity contribution in [1.29, 1.82) is 0 Å². The Morgan fingerprint density at radius 1 is 1.69 bits per heavy atom. The molecule has 1 atom stereocenters. The van der Waals surface area contributed by atoms with Crippen molar-refractivity contribution >= 4 is 5.91 Å². The number of hydrogen-bond donors (Lipinski definition) is 2. The third-order valence-corrected chi connectivity index (χ3v) is 2.59. The number of hydrogen-bond acceptors (Lipinski definition) is 3. The highest BCUT2D eigenvalue weighted by Crippen LogP contribution is 2.14. The SMILES string of the molecule is CCN1CCC(CNC(=O)CN)C1. The first-order chi connectivity index (χ1) is 6.26. The topological polar surface area (TPSA) is 58.4 Å². The number of likely N-dealkylation sites (tertiary alicyclic amines) is 1. The first-order valence-electron chi connectivity index (χ1n) is 4.95. The van der Waals surface area contributed by atoms with Gasteiger partial charge < -0.3 is 16.0 Å². The molecule has 0 spiro atoms. The zero-order chi connectivity index (χ0) is 9.68. The Hall–Kier alpha value is -0.610. The molecule has 1 rings (SSSR count). The average molecular weight is 185 g/mol. The van der Waals surface area contributed by atoms with Crippen LogP contribution in [0.4, 0.5) is 0 Å². The van der Waals surface area contributed by atoms with Gasteiger partial charge in [0.1, 0.15) is 0 Å². The van der Waals surface area contributed by atoms with E-state index in [1.165, 1.54) is 13.0 Å². The maximum absolute atomic E-state index is 10.9. The Morgan fingerprint density at radius 2 is 2.46 bits per heavy atom. The Bertz CT molecular complexity index is 172.